The summed E-state index contributed by atoms with van der Waals surface area (Å²) in [7, 11) is 0. The highest BCUT2D eigenvalue weighted by atomic mass is 16.5. The first-order valence-electron chi connectivity index (χ1n) is 12.9. The molecular weight excluding hydrogens is 464 g/mol. The van der Waals surface area contributed by atoms with E-state index < -0.39 is 0 Å². The molecule has 0 aliphatic carbocycles. The molecule has 1 aromatic carbocycles. The van der Waals surface area contributed by atoms with Gasteiger partial charge in [-0.25, -0.2) is 9.83 Å². The van der Waals surface area contributed by atoms with Gasteiger partial charge in [-0.1, -0.05) is 12.1 Å². The van der Waals surface area contributed by atoms with Gasteiger partial charge in [-0.05, 0) is 54.8 Å². The number of rotatable bonds is 7. The number of likely N-dealkylation sites (tertiary alicyclic amines) is 1. The molecule has 5 rings (SSSR count). The molecule has 2 aliphatic rings. The third-order valence-electron chi connectivity index (χ3n) is 7.14. The molecule has 0 atom stereocenters. The fraction of sp³-hybridized carbons (Fsp3) is 0.379. The van der Waals surface area contributed by atoms with Crippen LogP contribution < -0.4 is 15.0 Å². The summed E-state index contributed by atoms with van der Waals surface area (Å²) in [6.45, 7) is 11.7. The molecule has 190 valence electrons. The first kappa shape index (κ1) is 24.7. The summed E-state index contributed by atoms with van der Waals surface area (Å²) in [5, 5.41) is 3.15. The van der Waals surface area contributed by atoms with E-state index in [4.69, 9.17) is 11.3 Å². The Balaban J connectivity index is 1.04. The third kappa shape index (κ3) is 6.63. The quantitative estimate of drug-likeness (QED) is 0.487. The zero-order valence-electron chi connectivity index (χ0n) is 20.9. The fourth-order valence-corrected chi connectivity index (χ4v) is 4.99. The van der Waals surface area contributed by atoms with E-state index in [1.165, 1.54) is 5.56 Å². The molecule has 8 nitrogen and oxygen atoms in total. The van der Waals surface area contributed by atoms with Crippen LogP contribution in [-0.2, 0) is 6.54 Å². The van der Waals surface area contributed by atoms with Crippen LogP contribution in [0.25, 0.3) is 4.85 Å². The van der Waals surface area contributed by atoms with Crippen molar-refractivity contribution in [1.82, 2.24) is 20.2 Å². The molecule has 2 aliphatic heterocycles. The Kier molecular flexibility index (Phi) is 7.92. The Morgan fingerprint density at radius 1 is 0.973 bits per heavy atom. The highest BCUT2D eigenvalue weighted by Crippen LogP contribution is 2.25. The minimum absolute atomic E-state index is 0.123. The lowest BCUT2D eigenvalue weighted by Gasteiger charge is -2.33. The summed E-state index contributed by atoms with van der Waals surface area (Å²) in [4.78, 5) is 29.4. The van der Waals surface area contributed by atoms with Gasteiger partial charge in [0.1, 0.15) is 17.5 Å². The Morgan fingerprint density at radius 3 is 2.35 bits per heavy atom. The highest BCUT2D eigenvalue weighted by Gasteiger charge is 2.23. The highest BCUT2D eigenvalue weighted by molar-refractivity contribution is 5.92. The molecule has 2 aromatic heterocycles. The van der Waals surface area contributed by atoms with Gasteiger partial charge in [-0.15, -0.1) is 0 Å². The molecule has 4 heterocycles. The SMILES string of the molecule is [C-]#[N+]c1ccc(N2CCC(Oc3ccc(C(=O)NC4CCN(Cc5ccncc5)CC4)nc3)CC2)cc1. The van der Waals surface area contributed by atoms with Gasteiger partial charge in [-0.2, -0.15) is 0 Å². The van der Waals surface area contributed by atoms with E-state index in [0.29, 0.717) is 17.1 Å². The van der Waals surface area contributed by atoms with Crippen molar-refractivity contribution in [2.45, 2.75) is 44.4 Å². The summed E-state index contributed by atoms with van der Waals surface area (Å²) >= 11 is 0. The molecule has 8 heteroatoms. The van der Waals surface area contributed by atoms with Crippen molar-refractivity contribution in [3.05, 3.63) is 89.8 Å². The second-order valence-electron chi connectivity index (χ2n) is 9.69. The maximum absolute atomic E-state index is 12.7. The van der Waals surface area contributed by atoms with Crippen LogP contribution >= 0.6 is 0 Å². The number of hydrogen-bond acceptors (Lipinski definition) is 6. The van der Waals surface area contributed by atoms with E-state index in [1.54, 1.807) is 12.3 Å². The summed E-state index contributed by atoms with van der Waals surface area (Å²) < 4.78 is 6.15. The Labute approximate surface area is 218 Å². The molecule has 1 N–H and O–H groups in total. The van der Waals surface area contributed by atoms with Crippen LogP contribution in [-0.4, -0.2) is 59.1 Å². The number of hydrogen-bond donors (Lipinski definition) is 1. The number of anilines is 1. The first-order valence-corrected chi connectivity index (χ1v) is 12.9. The second-order valence-corrected chi connectivity index (χ2v) is 9.69. The molecule has 3 aromatic rings. The van der Waals surface area contributed by atoms with Gasteiger partial charge in [0.25, 0.3) is 5.91 Å². The summed E-state index contributed by atoms with van der Waals surface area (Å²) in [6.07, 6.45) is 9.11. The van der Waals surface area contributed by atoms with Crippen LogP contribution in [0.1, 0.15) is 41.7 Å². The topological polar surface area (TPSA) is 75.0 Å². The van der Waals surface area contributed by atoms with Crippen molar-refractivity contribution >= 4 is 17.3 Å². The number of carbonyl (C=O) groups is 1. The van der Waals surface area contributed by atoms with Crippen LogP contribution in [0.15, 0.2) is 67.1 Å². The van der Waals surface area contributed by atoms with Gasteiger partial charge in [0, 0.05) is 69.7 Å². The average molecular weight is 497 g/mol. The van der Waals surface area contributed by atoms with Crippen molar-refractivity contribution in [3.63, 3.8) is 0 Å². The van der Waals surface area contributed by atoms with Gasteiger partial charge in [0.2, 0.25) is 0 Å². The zero-order valence-corrected chi connectivity index (χ0v) is 20.9. The molecular formula is C29H32N6O2. The molecule has 0 unspecified atom stereocenters. The van der Waals surface area contributed by atoms with E-state index in [1.807, 2.05) is 54.9 Å². The van der Waals surface area contributed by atoms with Crippen LogP contribution in [0.2, 0.25) is 0 Å². The molecule has 1 amide bonds. The lowest BCUT2D eigenvalue weighted by atomic mass is 10.0. The van der Waals surface area contributed by atoms with E-state index in [2.05, 4.69) is 29.9 Å². The summed E-state index contributed by atoms with van der Waals surface area (Å²) in [5.41, 5.74) is 3.49. The number of ether oxygens (including phenoxy) is 1. The van der Waals surface area contributed by atoms with Crippen molar-refractivity contribution < 1.29 is 9.53 Å². The van der Waals surface area contributed by atoms with Crippen LogP contribution in [0.5, 0.6) is 5.75 Å². The van der Waals surface area contributed by atoms with Crippen LogP contribution in [0, 0.1) is 6.57 Å². The predicted octanol–water partition coefficient (Wildman–Crippen LogP) is 4.47. The Bertz CT molecular complexity index is 1190. The number of piperidine rings is 2. The Morgan fingerprint density at radius 2 is 1.70 bits per heavy atom. The third-order valence-corrected chi connectivity index (χ3v) is 7.14. The van der Waals surface area contributed by atoms with E-state index in [9.17, 15) is 4.79 Å². The maximum atomic E-state index is 12.7. The number of aromatic nitrogens is 2. The lowest BCUT2D eigenvalue weighted by molar-refractivity contribution is 0.0903. The molecule has 0 spiro atoms. The minimum atomic E-state index is -0.128. The smallest absolute Gasteiger partial charge is 0.270 e. The molecule has 0 radical (unpaired) electrons. The van der Waals surface area contributed by atoms with Crippen LogP contribution in [0.3, 0.4) is 0 Å². The van der Waals surface area contributed by atoms with Gasteiger partial charge < -0.3 is 15.0 Å². The van der Waals surface area contributed by atoms with Crippen molar-refractivity contribution in [3.8, 4) is 5.75 Å². The average Bonchev–Trinajstić information content (AvgIpc) is 2.95. The number of nitrogens with zero attached hydrogens (tertiary/aromatic N) is 5. The second kappa shape index (κ2) is 11.8. The van der Waals surface area contributed by atoms with Gasteiger partial charge in [0.15, 0.2) is 5.69 Å². The largest absolute Gasteiger partial charge is 0.489 e. The minimum Gasteiger partial charge on any atom is -0.489 e. The summed E-state index contributed by atoms with van der Waals surface area (Å²) in [5.74, 6) is 0.567. The normalized spacial score (nSPS) is 17.2. The number of nitrogens with one attached hydrogen (secondary N) is 1. The zero-order chi connectivity index (χ0) is 25.5. The monoisotopic (exact) mass is 496 g/mol. The first-order chi connectivity index (χ1) is 18.2. The molecule has 0 bridgehead atoms. The number of carbonyl (C=O) groups excluding carboxylic acids is 1. The van der Waals surface area contributed by atoms with E-state index >= 15 is 0 Å². The van der Waals surface area contributed by atoms with Crippen molar-refractivity contribution in [1.29, 1.82) is 0 Å². The predicted molar refractivity (Wildman–Crippen MR) is 143 cm³/mol. The molecule has 2 saturated heterocycles. The Hall–Kier alpha value is -3.96. The van der Waals surface area contributed by atoms with Gasteiger partial charge in [0.05, 0.1) is 12.8 Å². The van der Waals surface area contributed by atoms with Gasteiger partial charge >= 0.3 is 0 Å². The van der Waals surface area contributed by atoms with Crippen molar-refractivity contribution in [2.75, 3.05) is 31.1 Å². The number of amides is 1. The maximum Gasteiger partial charge on any atom is 0.270 e. The van der Waals surface area contributed by atoms with Crippen molar-refractivity contribution in [2.24, 2.45) is 0 Å². The van der Waals surface area contributed by atoms with Gasteiger partial charge in [-0.3, -0.25) is 14.7 Å². The van der Waals surface area contributed by atoms with E-state index in [-0.39, 0.29) is 18.1 Å². The lowest BCUT2D eigenvalue weighted by Crippen LogP contribution is -2.44. The molecule has 2 fully saturated rings. The standard InChI is InChI=1S/C29H32N6O2/c1-30-23-2-4-25(5-3-23)35-18-12-26(13-19-35)37-27-6-7-28(32-20-27)29(36)33-24-10-16-34(17-11-24)21-22-8-14-31-15-9-22/h2-9,14-15,20,24,26H,10-13,16-19,21H2,(H,33,36). The molecule has 37 heavy (non-hydrogen) atoms. The summed E-state index contributed by atoms with van der Waals surface area (Å²) in [6, 6.07) is 15.6. The number of benzene rings is 1. The number of pyridine rings is 2. The fourth-order valence-electron chi connectivity index (χ4n) is 4.99. The van der Waals surface area contributed by atoms with E-state index in [0.717, 1.165) is 64.1 Å². The van der Waals surface area contributed by atoms with Crippen LogP contribution in [0.4, 0.5) is 11.4 Å². The molecule has 0 saturated carbocycles.